The molecule has 1 saturated heterocycles. The molecule has 2 heteroatoms. The van der Waals surface area contributed by atoms with Crippen LogP contribution in [0.5, 0.6) is 0 Å². The van der Waals surface area contributed by atoms with Crippen LogP contribution in [0.2, 0.25) is 0 Å². The number of epoxide rings is 1. The molecule has 0 amide bonds. The Kier molecular flexibility index (Phi) is 3.03. The Hall–Kier alpha value is -0.630. The average molecular weight is 302 g/mol. The zero-order valence-electron chi connectivity index (χ0n) is 14.6. The fraction of sp³-hybridized carbons (Fsp3) is 0.850. The molecule has 0 aromatic heterocycles. The molecule has 4 rings (SSSR count). The summed E-state index contributed by atoms with van der Waals surface area (Å²) in [5.74, 6) is 1.00. The summed E-state index contributed by atoms with van der Waals surface area (Å²) in [7, 11) is 0. The molecule has 1 saturated carbocycles. The molecule has 0 bridgehead atoms. The van der Waals surface area contributed by atoms with Crippen LogP contribution >= 0.6 is 0 Å². The molecule has 0 aromatic carbocycles. The molecular weight excluding hydrogens is 272 g/mol. The first kappa shape index (κ1) is 14.9. The summed E-state index contributed by atoms with van der Waals surface area (Å²) in [5.41, 5.74) is 3.54. The maximum absolute atomic E-state index is 12.9. The minimum Gasteiger partial charge on any atom is -0.373 e. The number of ketones is 1. The van der Waals surface area contributed by atoms with Crippen molar-refractivity contribution in [3.63, 3.8) is 0 Å². The largest absolute Gasteiger partial charge is 0.373 e. The molecule has 0 aromatic rings. The van der Waals surface area contributed by atoms with Crippen molar-refractivity contribution >= 4 is 5.78 Å². The summed E-state index contributed by atoms with van der Waals surface area (Å²) in [6.07, 6.45) is 8.35. The third-order valence-corrected chi connectivity index (χ3v) is 7.65. The van der Waals surface area contributed by atoms with Crippen molar-refractivity contribution in [1.29, 1.82) is 0 Å². The van der Waals surface area contributed by atoms with E-state index < -0.39 is 0 Å². The van der Waals surface area contributed by atoms with E-state index in [1.807, 2.05) is 0 Å². The number of fused-ring (bicyclic) bond motifs is 2. The molecule has 122 valence electrons. The Morgan fingerprint density at radius 3 is 2.50 bits per heavy atom. The molecule has 22 heavy (non-hydrogen) atoms. The van der Waals surface area contributed by atoms with Gasteiger partial charge in [0.2, 0.25) is 0 Å². The molecule has 4 aliphatic rings. The zero-order valence-corrected chi connectivity index (χ0v) is 14.6. The maximum Gasteiger partial charge on any atom is 0.159 e. The van der Waals surface area contributed by atoms with Crippen LogP contribution in [0.1, 0.15) is 72.6 Å². The van der Waals surface area contributed by atoms with Crippen molar-refractivity contribution in [1.82, 2.24) is 0 Å². The maximum atomic E-state index is 12.9. The van der Waals surface area contributed by atoms with Crippen molar-refractivity contribution < 1.29 is 9.53 Å². The number of ether oxygens (including phenoxy) is 1. The van der Waals surface area contributed by atoms with Crippen molar-refractivity contribution in [3.05, 3.63) is 11.1 Å². The Morgan fingerprint density at radius 2 is 1.82 bits per heavy atom. The molecule has 4 atom stereocenters. The monoisotopic (exact) mass is 302 g/mol. The van der Waals surface area contributed by atoms with Crippen LogP contribution in [-0.4, -0.2) is 18.5 Å². The standard InChI is InChI=1S/C20H30O2/c1-18(2)7-5-8-20(4)14-6-9-19(3,17-12-22-17)11-13(14)15(21)10-16(18)20/h16-17H,5-12H2,1-4H3. The van der Waals surface area contributed by atoms with Crippen molar-refractivity contribution in [2.24, 2.45) is 22.2 Å². The average Bonchev–Trinajstić information content (AvgIpc) is 3.26. The van der Waals surface area contributed by atoms with E-state index in [1.165, 1.54) is 31.3 Å². The number of Topliss-reactive ketones (excluding diaryl/α,β-unsaturated/α-hetero) is 1. The molecule has 0 radical (unpaired) electrons. The lowest BCUT2D eigenvalue weighted by atomic mass is 9.47. The number of hydrogen-bond donors (Lipinski definition) is 0. The van der Waals surface area contributed by atoms with Gasteiger partial charge in [-0.15, -0.1) is 0 Å². The van der Waals surface area contributed by atoms with Gasteiger partial charge in [-0.2, -0.15) is 0 Å². The van der Waals surface area contributed by atoms with Crippen LogP contribution in [0.25, 0.3) is 0 Å². The summed E-state index contributed by atoms with van der Waals surface area (Å²) < 4.78 is 5.60. The lowest BCUT2D eigenvalue weighted by Crippen LogP contribution is -2.49. The second-order valence-corrected chi connectivity index (χ2v) is 9.55. The minimum atomic E-state index is 0.210. The fourth-order valence-corrected chi connectivity index (χ4v) is 6.08. The van der Waals surface area contributed by atoms with Gasteiger partial charge in [0.25, 0.3) is 0 Å². The molecule has 1 heterocycles. The second kappa shape index (κ2) is 4.47. The topological polar surface area (TPSA) is 29.6 Å². The first-order chi connectivity index (χ1) is 10.3. The van der Waals surface area contributed by atoms with Crippen LogP contribution in [0.4, 0.5) is 0 Å². The summed E-state index contributed by atoms with van der Waals surface area (Å²) in [6, 6.07) is 0. The van der Waals surface area contributed by atoms with Gasteiger partial charge in [0.1, 0.15) is 0 Å². The van der Waals surface area contributed by atoms with Crippen LogP contribution < -0.4 is 0 Å². The smallest absolute Gasteiger partial charge is 0.159 e. The van der Waals surface area contributed by atoms with Gasteiger partial charge in [-0.25, -0.2) is 0 Å². The predicted octanol–water partition coefficient (Wildman–Crippen LogP) is 4.68. The lowest BCUT2D eigenvalue weighted by molar-refractivity contribution is -0.123. The second-order valence-electron chi connectivity index (χ2n) is 9.55. The van der Waals surface area contributed by atoms with E-state index in [0.717, 1.165) is 25.9 Å². The summed E-state index contributed by atoms with van der Waals surface area (Å²) in [5, 5.41) is 0. The highest BCUT2D eigenvalue weighted by Crippen LogP contribution is 2.62. The van der Waals surface area contributed by atoms with Gasteiger partial charge in [-0.05, 0) is 54.4 Å². The van der Waals surface area contributed by atoms with Gasteiger partial charge in [0.15, 0.2) is 5.78 Å². The molecule has 2 nitrogen and oxygen atoms in total. The highest BCUT2D eigenvalue weighted by atomic mass is 16.6. The number of rotatable bonds is 1. The molecular formula is C20H30O2. The van der Waals surface area contributed by atoms with E-state index in [2.05, 4.69) is 27.7 Å². The van der Waals surface area contributed by atoms with Gasteiger partial charge in [0, 0.05) is 11.8 Å². The van der Waals surface area contributed by atoms with E-state index in [1.54, 1.807) is 5.57 Å². The fourth-order valence-electron chi connectivity index (χ4n) is 6.08. The summed E-state index contributed by atoms with van der Waals surface area (Å²) in [6.45, 7) is 10.5. The lowest BCUT2D eigenvalue weighted by Gasteiger charge is -2.56. The van der Waals surface area contributed by atoms with Gasteiger partial charge in [0.05, 0.1) is 12.7 Å². The molecule has 0 spiro atoms. The van der Waals surface area contributed by atoms with Crippen LogP contribution in [-0.2, 0) is 9.53 Å². The molecule has 4 unspecified atom stereocenters. The Bertz CT molecular complexity index is 554. The number of allylic oxidation sites excluding steroid dienone is 2. The number of hydrogen-bond acceptors (Lipinski definition) is 2. The Balaban J connectivity index is 1.75. The predicted molar refractivity (Wildman–Crippen MR) is 87.6 cm³/mol. The van der Waals surface area contributed by atoms with E-state index >= 15 is 0 Å². The highest BCUT2D eigenvalue weighted by molar-refractivity contribution is 5.98. The third kappa shape index (κ3) is 1.99. The minimum absolute atomic E-state index is 0.210. The quantitative estimate of drug-likeness (QED) is 0.658. The normalized spacial score (nSPS) is 47.0. The highest BCUT2D eigenvalue weighted by Gasteiger charge is 2.56. The SMILES string of the molecule is CC1(C)CCCC2(C)C3=C(CC(C)(C4CO4)CC3)C(=O)CC12. The van der Waals surface area contributed by atoms with Crippen molar-refractivity contribution in [2.75, 3.05) is 6.61 Å². The van der Waals surface area contributed by atoms with E-state index in [9.17, 15) is 4.79 Å². The van der Waals surface area contributed by atoms with Gasteiger partial charge in [-0.3, -0.25) is 4.79 Å². The summed E-state index contributed by atoms with van der Waals surface area (Å²) >= 11 is 0. The summed E-state index contributed by atoms with van der Waals surface area (Å²) in [4.78, 5) is 12.9. The first-order valence-corrected chi connectivity index (χ1v) is 9.14. The molecule has 0 N–H and O–H groups in total. The first-order valence-electron chi connectivity index (χ1n) is 9.14. The van der Waals surface area contributed by atoms with Crippen molar-refractivity contribution in [2.45, 2.75) is 78.7 Å². The van der Waals surface area contributed by atoms with Crippen LogP contribution in [0, 0.1) is 22.2 Å². The van der Waals surface area contributed by atoms with Crippen molar-refractivity contribution in [3.8, 4) is 0 Å². The third-order valence-electron chi connectivity index (χ3n) is 7.65. The van der Waals surface area contributed by atoms with Crippen LogP contribution in [0.15, 0.2) is 11.1 Å². The zero-order chi connectivity index (χ0) is 15.8. The van der Waals surface area contributed by atoms with Gasteiger partial charge >= 0.3 is 0 Å². The molecule has 3 aliphatic carbocycles. The molecule has 2 fully saturated rings. The van der Waals surface area contributed by atoms with E-state index in [0.29, 0.717) is 23.2 Å². The Labute approximate surface area is 134 Å². The van der Waals surface area contributed by atoms with E-state index in [4.69, 9.17) is 4.74 Å². The van der Waals surface area contributed by atoms with Gasteiger partial charge in [-0.1, -0.05) is 39.7 Å². The number of carbonyl (C=O) groups excluding carboxylic acids is 1. The Morgan fingerprint density at radius 1 is 1.09 bits per heavy atom. The van der Waals surface area contributed by atoms with Crippen LogP contribution in [0.3, 0.4) is 0 Å². The van der Waals surface area contributed by atoms with E-state index in [-0.39, 0.29) is 10.8 Å². The molecule has 1 aliphatic heterocycles. The van der Waals surface area contributed by atoms with Gasteiger partial charge < -0.3 is 4.74 Å². The number of carbonyl (C=O) groups is 1.